The minimum absolute atomic E-state index is 0.0888. The highest BCUT2D eigenvalue weighted by Crippen LogP contribution is 2.22. The summed E-state index contributed by atoms with van der Waals surface area (Å²) in [6.45, 7) is 6.26. The molecule has 2 heterocycles. The number of hydrogen-bond donors (Lipinski definition) is 1. The molecule has 1 aliphatic rings. The maximum Gasteiger partial charge on any atom is 0.220 e. The van der Waals surface area contributed by atoms with Crippen molar-refractivity contribution in [3.63, 3.8) is 0 Å². The Bertz CT molecular complexity index is 926. The van der Waals surface area contributed by atoms with Crippen molar-refractivity contribution in [1.29, 1.82) is 0 Å². The first-order valence-electron chi connectivity index (χ1n) is 10.6. The second-order valence-electron chi connectivity index (χ2n) is 8.08. The summed E-state index contributed by atoms with van der Waals surface area (Å²) in [7, 11) is 0. The molecule has 4 nitrogen and oxygen atoms in total. The number of thiazole rings is 1. The van der Waals surface area contributed by atoms with Crippen LogP contribution in [0, 0.1) is 5.92 Å². The fraction of sp³-hybridized carbons (Fsp3) is 0.417. The molecule has 1 aromatic heterocycles. The molecule has 3 aromatic rings. The summed E-state index contributed by atoms with van der Waals surface area (Å²) in [6.07, 6.45) is 3.74. The molecule has 1 N–H and O–H groups in total. The minimum atomic E-state index is 0.0888. The van der Waals surface area contributed by atoms with E-state index in [4.69, 9.17) is 0 Å². The van der Waals surface area contributed by atoms with Crippen LogP contribution in [0.3, 0.4) is 0 Å². The van der Waals surface area contributed by atoms with Crippen molar-refractivity contribution in [3.8, 4) is 0 Å². The number of para-hydroxylation sites is 1. The van der Waals surface area contributed by atoms with Crippen LogP contribution < -0.4 is 5.32 Å². The van der Waals surface area contributed by atoms with Gasteiger partial charge in [-0.2, -0.15) is 0 Å². The Hall–Kier alpha value is -2.24. The molecule has 0 saturated carbocycles. The molecule has 29 heavy (non-hydrogen) atoms. The lowest BCUT2D eigenvalue weighted by Gasteiger charge is -2.30. The van der Waals surface area contributed by atoms with Gasteiger partial charge in [-0.3, -0.25) is 9.69 Å². The number of aromatic nitrogens is 1. The van der Waals surface area contributed by atoms with E-state index < -0.39 is 0 Å². The highest BCUT2D eigenvalue weighted by atomic mass is 32.1. The summed E-state index contributed by atoms with van der Waals surface area (Å²) < 4.78 is 1.18. The van der Waals surface area contributed by atoms with Gasteiger partial charge in [0.25, 0.3) is 0 Å². The Kier molecular flexibility index (Phi) is 6.57. The smallest absolute Gasteiger partial charge is 0.220 e. The lowest BCUT2D eigenvalue weighted by atomic mass is 9.98. The Morgan fingerprint density at radius 3 is 2.62 bits per heavy atom. The maximum absolute atomic E-state index is 12.4. The molecule has 4 rings (SSSR count). The molecular formula is C24H29N3OS. The maximum atomic E-state index is 12.4. The Morgan fingerprint density at radius 2 is 1.83 bits per heavy atom. The van der Waals surface area contributed by atoms with E-state index in [0.29, 0.717) is 19.4 Å². The summed E-state index contributed by atoms with van der Waals surface area (Å²) in [6, 6.07) is 16.6. The molecule has 0 unspecified atom stereocenters. The van der Waals surface area contributed by atoms with Crippen molar-refractivity contribution >= 4 is 27.5 Å². The van der Waals surface area contributed by atoms with Gasteiger partial charge in [-0.05, 0) is 55.1 Å². The van der Waals surface area contributed by atoms with Crippen molar-refractivity contribution in [2.24, 2.45) is 5.92 Å². The zero-order valence-corrected chi connectivity index (χ0v) is 17.9. The first-order valence-corrected chi connectivity index (χ1v) is 11.4. The number of carbonyl (C=O) groups is 1. The molecular weight excluding hydrogens is 378 g/mol. The predicted octanol–water partition coefficient (Wildman–Crippen LogP) is 4.78. The van der Waals surface area contributed by atoms with Gasteiger partial charge in [-0.25, -0.2) is 4.98 Å². The summed E-state index contributed by atoms with van der Waals surface area (Å²) in [4.78, 5) is 19.6. The van der Waals surface area contributed by atoms with Crippen LogP contribution in [0.4, 0.5) is 0 Å². The topological polar surface area (TPSA) is 45.2 Å². The number of amides is 1. The van der Waals surface area contributed by atoms with Gasteiger partial charge in [-0.15, -0.1) is 11.3 Å². The van der Waals surface area contributed by atoms with Crippen LogP contribution in [-0.4, -0.2) is 28.9 Å². The number of nitrogens with zero attached hydrogens (tertiary/aromatic N) is 2. The lowest BCUT2D eigenvalue weighted by molar-refractivity contribution is -0.121. The average molecular weight is 408 g/mol. The van der Waals surface area contributed by atoms with Gasteiger partial charge in [0.2, 0.25) is 5.91 Å². The number of aryl methyl sites for hydroxylation is 1. The minimum Gasteiger partial charge on any atom is -0.352 e. The number of carbonyl (C=O) groups excluding carboxylic acids is 1. The van der Waals surface area contributed by atoms with E-state index in [-0.39, 0.29) is 5.91 Å². The van der Waals surface area contributed by atoms with Gasteiger partial charge in [0, 0.05) is 25.9 Å². The molecule has 1 fully saturated rings. The van der Waals surface area contributed by atoms with Gasteiger partial charge in [0.05, 0.1) is 15.2 Å². The first-order chi connectivity index (χ1) is 14.2. The molecule has 0 bridgehead atoms. The van der Waals surface area contributed by atoms with Crippen LogP contribution in [0.15, 0.2) is 48.5 Å². The predicted molar refractivity (Wildman–Crippen MR) is 120 cm³/mol. The van der Waals surface area contributed by atoms with Crippen LogP contribution >= 0.6 is 11.3 Å². The first kappa shape index (κ1) is 20.0. The van der Waals surface area contributed by atoms with Crippen LogP contribution in [-0.2, 0) is 24.3 Å². The van der Waals surface area contributed by atoms with Crippen LogP contribution in [0.1, 0.15) is 42.3 Å². The Morgan fingerprint density at radius 1 is 1.10 bits per heavy atom. The number of rotatable bonds is 7. The Balaban J connectivity index is 1.28. The largest absolute Gasteiger partial charge is 0.352 e. The highest BCUT2D eigenvalue weighted by Gasteiger charge is 2.17. The van der Waals surface area contributed by atoms with Crippen molar-refractivity contribution in [2.75, 3.05) is 13.1 Å². The van der Waals surface area contributed by atoms with E-state index in [0.717, 1.165) is 23.0 Å². The molecule has 152 valence electrons. The number of hydrogen-bond acceptors (Lipinski definition) is 4. The summed E-state index contributed by atoms with van der Waals surface area (Å²) >= 11 is 1.68. The fourth-order valence-corrected chi connectivity index (χ4v) is 4.84. The van der Waals surface area contributed by atoms with Crippen molar-refractivity contribution in [1.82, 2.24) is 15.2 Å². The highest BCUT2D eigenvalue weighted by molar-refractivity contribution is 7.18. The molecule has 2 aromatic carbocycles. The van der Waals surface area contributed by atoms with Gasteiger partial charge < -0.3 is 5.32 Å². The fourth-order valence-electron chi connectivity index (χ4n) is 3.87. The number of benzene rings is 2. The van der Waals surface area contributed by atoms with E-state index in [1.807, 2.05) is 18.2 Å². The molecule has 0 radical (unpaired) electrons. The van der Waals surface area contributed by atoms with Gasteiger partial charge in [0.1, 0.15) is 0 Å². The summed E-state index contributed by atoms with van der Waals surface area (Å²) in [5.41, 5.74) is 3.57. The second-order valence-corrected chi connectivity index (χ2v) is 9.19. The van der Waals surface area contributed by atoms with Crippen molar-refractivity contribution < 1.29 is 4.79 Å². The van der Waals surface area contributed by atoms with Crippen molar-refractivity contribution in [3.05, 3.63) is 64.7 Å². The van der Waals surface area contributed by atoms with Crippen LogP contribution in [0.5, 0.6) is 0 Å². The van der Waals surface area contributed by atoms with Crippen LogP contribution in [0.2, 0.25) is 0 Å². The van der Waals surface area contributed by atoms with E-state index in [2.05, 4.69) is 52.5 Å². The number of fused-ring (bicyclic) bond motifs is 1. The molecule has 0 atom stereocenters. The van der Waals surface area contributed by atoms with Gasteiger partial charge >= 0.3 is 0 Å². The third-order valence-electron chi connectivity index (χ3n) is 5.77. The normalized spacial score (nSPS) is 15.6. The van der Waals surface area contributed by atoms with Gasteiger partial charge in [-0.1, -0.05) is 43.3 Å². The lowest BCUT2D eigenvalue weighted by Crippen LogP contribution is -2.33. The molecule has 1 aliphatic heterocycles. The van der Waals surface area contributed by atoms with E-state index in [9.17, 15) is 4.79 Å². The Labute approximate surface area is 177 Å². The summed E-state index contributed by atoms with van der Waals surface area (Å²) in [5, 5.41) is 4.14. The average Bonchev–Trinajstić information content (AvgIpc) is 3.16. The SMILES string of the molecule is CC1CCN(Cc2ccccc2CNC(=O)CCc2nc3ccccc3s2)CC1. The standard InChI is InChI=1S/C24H29N3OS/c1-18-12-14-27(15-13-18)17-20-7-3-2-6-19(20)16-25-23(28)10-11-24-26-21-8-4-5-9-22(21)29-24/h2-9,18H,10-17H2,1H3,(H,25,28). The molecule has 1 saturated heterocycles. The molecule has 0 spiro atoms. The van der Waals surface area contributed by atoms with Crippen LogP contribution in [0.25, 0.3) is 10.2 Å². The van der Waals surface area contributed by atoms with Gasteiger partial charge in [0.15, 0.2) is 0 Å². The zero-order chi connectivity index (χ0) is 20.1. The number of likely N-dealkylation sites (tertiary alicyclic amines) is 1. The number of nitrogens with one attached hydrogen (secondary N) is 1. The van der Waals surface area contributed by atoms with E-state index in [1.54, 1.807) is 11.3 Å². The third kappa shape index (κ3) is 5.43. The molecule has 5 heteroatoms. The van der Waals surface area contributed by atoms with E-state index >= 15 is 0 Å². The monoisotopic (exact) mass is 407 g/mol. The third-order valence-corrected chi connectivity index (χ3v) is 6.86. The van der Waals surface area contributed by atoms with E-state index in [1.165, 1.54) is 41.8 Å². The quantitative estimate of drug-likeness (QED) is 0.613. The number of piperidine rings is 1. The molecule has 0 aliphatic carbocycles. The zero-order valence-electron chi connectivity index (χ0n) is 17.1. The van der Waals surface area contributed by atoms with Crippen molar-refractivity contribution in [2.45, 2.75) is 45.7 Å². The summed E-state index contributed by atoms with van der Waals surface area (Å²) in [5.74, 6) is 0.932. The second kappa shape index (κ2) is 9.51. The molecule has 1 amide bonds.